The van der Waals surface area contributed by atoms with E-state index >= 15 is 0 Å². The zero-order valence-electron chi connectivity index (χ0n) is 18.9. The number of carbonyl (C=O) groups excluding carboxylic acids is 1. The van der Waals surface area contributed by atoms with E-state index in [2.05, 4.69) is 4.90 Å². The Kier molecular flexibility index (Phi) is 7.23. The summed E-state index contributed by atoms with van der Waals surface area (Å²) in [4.78, 5) is 17.9. The quantitative estimate of drug-likeness (QED) is 0.355. The SMILES string of the molecule is CN(C)CCN(Cc1ccccc1)C(=O)c1cc(-c2ccccc2)nn1-c1ccc(Cl)cc1. The average Bonchev–Trinajstić information content (AvgIpc) is 3.28. The number of amides is 1. The van der Waals surface area contributed by atoms with Crippen LogP contribution in [0.1, 0.15) is 16.1 Å². The zero-order chi connectivity index (χ0) is 23.2. The first-order valence-electron chi connectivity index (χ1n) is 10.9. The highest BCUT2D eigenvalue weighted by molar-refractivity contribution is 6.30. The fraction of sp³-hybridized carbons (Fsp3) is 0.185. The topological polar surface area (TPSA) is 41.4 Å². The Bertz CT molecular complexity index is 1190. The van der Waals surface area contributed by atoms with Gasteiger partial charge >= 0.3 is 0 Å². The van der Waals surface area contributed by atoms with Crippen LogP contribution in [0.4, 0.5) is 0 Å². The van der Waals surface area contributed by atoms with Crippen molar-refractivity contribution in [2.75, 3.05) is 27.2 Å². The maximum absolute atomic E-state index is 13.9. The van der Waals surface area contributed by atoms with Crippen LogP contribution >= 0.6 is 11.6 Å². The van der Waals surface area contributed by atoms with Crippen LogP contribution in [-0.4, -0.2) is 52.7 Å². The van der Waals surface area contributed by atoms with Crippen molar-refractivity contribution < 1.29 is 4.79 Å². The van der Waals surface area contributed by atoms with E-state index in [1.807, 2.05) is 110 Å². The van der Waals surface area contributed by atoms with Crippen molar-refractivity contribution in [2.24, 2.45) is 0 Å². The van der Waals surface area contributed by atoms with Crippen LogP contribution < -0.4 is 0 Å². The highest BCUT2D eigenvalue weighted by Crippen LogP contribution is 2.24. The highest BCUT2D eigenvalue weighted by Gasteiger charge is 2.23. The number of aromatic nitrogens is 2. The zero-order valence-corrected chi connectivity index (χ0v) is 19.6. The van der Waals surface area contributed by atoms with E-state index in [1.54, 1.807) is 4.68 Å². The molecular formula is C27H27ClN4O. The molecule has 0 aliphatic heterocycles. The molecule has 0 fully saturated rings. The summed E-state index contributed by atoms with van der Waals surface area (Å²) < 4.78 is 1.72. The summed E-state index contributed by atoms with van der Waals surface area (Å²) in [5.41, 5.74) is 4.11. The molecule has 0 radical (unpaired) electrons. The summed E-state index contributed by atoms with van der Waals surface area (Å²) in [6.45, 7) is 1.90. The maximum atomic E-state index is 13.9. The van der Waals surface area contributed by atoms with Gasteiger partial charge in [0, 0.05) is 30.2 Å². The van der Waals surface area contributed by atoms with Gasteiger partial charge in [-0.25, -0.2) is 4.68 Å². The monoisotopic (exact) mass is 458 g/mol. The first kappa shape index (κ1) is 22.8. The summed E-state index contributed by atoms with van der Waals surface area (Å²) in [6, 6.07) is 29.2. The van der Waals surface area contributed by atoms with Gasteiger partial charge in [-0.1, -0.05) is 72.3 Å². The molecule has 5 nitrogen and oxygen atoms in total. The number of rotatable bonds is 8. The van der Waals surface area contributed by atoms with Crippen LogP contribution in [0, 0.1) is 0 Å². The van der Waals surface area contributed by atoms with Gasteiger partial charge in [0.2, 0.25) is 0 Å². The van der Waals surface area contributed by atoms with Gasteiger partial charge in [-0.3, -0.25) is 4.79 Å². The second-order valence-electron chi connectivity index (χ2n) is 8.18. The lowest BCUT2D eigenvalue weighted by atomic mass is 10.1. The van der Waals surface area contributed by atoms with Crippen molar-refractivity contribution in [1.29, 1.82) is 0 Å². The molecule has 1 amide bonds. The molecule has 4 aromatic rings. The normalized spacial score (nSPS) is 11.0. The fourth-order valence-corrected chi connectivity index (χ4v) is 3.73. The number of halogens is 1. The maximum Gasteiger partial charge on any atom is 0.272 e. The molecule has 33 heavy (non-hydrogen) atoms. The number of carbonyl (C=O) groups is 1. The van der Waals surface area contributed by atoms with Crippen molar-refractivity contribution >= 4 is 17.5 Å². The van der Waals surface area contributed by atoms with Crippen molar-refractivity contribution in [3.63, 3.8) is 0 Å². The molecule has 4 rings (SSSR count). The van der Waals surface area contributed by atoms with Crippen molar-refractivity contribution in [1.82, 2.24) is 19.6 Å². The molecule has 0 unspecified atom stereocenters. The Morgan fingerprint density at radius 3 is 2.15 bits per heavy atom. The minimum absolute atomic E-state index is 0.0645. The van der Waals surface area contributed by atoms with E-state index in [9.17, 15) is 4.79 Å². The molecule has 0 bridgehead atoms. The molecule has 0 atom stereocenters. The number of likely N-dealkylation sites (N-methyl/N-ethyl adjacent to an activating group) is 1. The third-order valence-electron chi connectivity index (χ3n) is 5.39. The molecule has 0 spiro atoms. The number of nitrogens with zero attached hydrogens (tertiary/aromatic N) is 4. The fourth-order valence-electron chi connectivity index (χ4n) is 3.60. The van der Waals surface area contributed by atoms with E-state index in [4.69, 9.17) is 16.7 Å². The second kappa shape index (κ2) is 10.5. The van der Waals surface area contributed by atoms with Crippen LogP contribution in [0.3, 0.4) is 0 Å². The average molecular weight is 459 g/mol. The van der Waals surface area contributed by atoms with Crippen LogP contribution in [0.2, 0.25) is 5.02 Å². The smallest absolute Gasteiger partial charge is 0.272 e. The third-order valence-corrected chi connectivity index (χ3v) is 5.64. The molecule has 1 heterocycles. The van der Waals surface area contributed by atoms with Gasteiger partial charge in [0.15, 0.2) is 0 Å². The van der Waals surface area contributed by atoms with Crippen LogP contribution in [0.5, 0.6) is 0 Å². The summed E-state index contributed by atoms with van der Waals surface area (Å²) in [6.07, 6.45) is 0. The summed E-state index contributed by atoms with van der Waals surface area (Å²) in [7, 11) is 4.02. The summed E-state index contributed by atoms with van der Waals surface area (Å²) >= 11 is 6.10. The molecule has 1 aromatic heterocycles. The predicted octanol–water partition coefficient (Wildman–Crippen LogP) is 5.40. The molecule has 3 aromatic carbocycles. The van der Waals surface area contributed by atoms with E-state index in [1.165, 1.54) is 0 Å². The van der Waals surface area contributed by atoms with Crippen molar-refractivity contribution in [2.45, 2.75) is 6.54 Å². The van der Waals surface area contributed by atoms with Gasteiger partial charge in [0.05, 0.1) is 11.4 Å². The minimum Gasteiger partial charge on any atom is -0.332 e. The number of hydrogen-bond donors (Lipinski definition) is 0. The summed E-state index contributed by atoms with van der Waals surface area (Å²) in [5.74, 6) is -0.0645. The van der Waals surface area contributed by atoms with Gasteiger partial charge in [-0.2, -0.15) is 5.10 Å². The number of hydrogen-bond acceptors (Lipinski definition) is 3. The third kappa shape index (κ3) is 5.69. The lowest BCUT2D eigenvalue weighted by Crippen LogP contribution is -2.37. The molecule has 6 heteroatoms. The van der Waals surface area contributed by atoms with E-state index in [0.29, 0.717) is 23.8 Å². The molecule has 0 saturated heterocycles. The van der Waals surface area contributed by atoms with E-state index in [-0.39, 0.29) is 5.91 Å². The first-order valence-corrected chi connectivity index (χ1v) is 11.3. The van der Waals surface area contributed by atoms with Gasteiger partial charge in [-0.15, -0.1) is 0 Å². The molecule has 0 N–H and O–H groups in total. The largest absolute Gasteiger partial charge is 0.332 e. The Labute approximate surface area is 199 Å². The van der Waals surface area contributed by atoms with Gasteiger partial charge in [0.25, 0.3) is 5.91 Å². The highest BCUT2D eigenvalue weighted by atomic mass is 35.5. The van der Waals surface area contributed by atoms with Crippen LogP contribution in [-0.2, 0) is 6.54 Å². The first-order chi connectivity index (χ1) is 16.0. The van der Waals surface area contributed by atoms with Crippen molar-refractivity contribution in [3.8, 4) is 16.9 Å². The predicted molar refractivity (Wildman–Crippen MR) is 134 cm³/mol. The Hall–Kier alpha value is -3.41. The van der Waals surface area contributed by atoms with Crippen LogP contribution in [0.25, 0.3) is 16.9 Å². The molecule has 0 saturated carbocycles. The molecule has 0 aliphatic rings. The summed E-state index contributed by atoms with van der Waals surface area (Å²) in [5, 5.41) is 5.44. The van der Waals surface area contributed by atoms with Gasteiger partial charge in [-0.05, 0) is 50.0 Å². The molecular weight excluding hydrogens is 432 g/mol. The molecule has 0 aliphatic carbocycles. The lowest BCUT2D eigenvalue weighted by molar-refractivity contribution is 0.0722. The van der Waals surface area contributed by atoms with E-state index < -0.39 is 0 Å². The second-order valence-corrected chi connectivity index (χ2v) is 8.62. The lowest BCUT2D eigenvalue weighted by Gasteiger charge is -2.25. The van der Waals surface area contributed by atoms with Gasteiger partial charge < -0.3 is 9.80 Å². The standard InChI is InChI=1S/C27H27ClN4O/c1-30(2)17-18-31(20-21-9-5-3-6-10-21)27(33)26-19-25(22-11-7-4-8-12-22)29-32(26)24-15-13-23(28)14-16-24/h3-16,19H,17-18,20H2,1-2H3. The van der Waals surface area contributed by atoms with E-state index in [0.717, 1.165) is 29.1 Å². The van der Waals surface area contributed by atoms with Gasteiger partial charge in [0.1, 0.15) is 5.69 Å². The van der Waals surface area contributed by atoms with Crippen LogP contribution in [0.15, 0.2) is 91.0 Å². The molecule has 168 valence electrons. The Balaban J connectivity index is 1.75. The number of benzene rings is 3. The Morgan fingerprint density at radius 1 is 0.879 bits per heavy atom. The Morgan fingerprint density at radius 2 is 1.52 bits per heavy atom. The van der Waals surface area contributed by atoms with Crippen molar-refractivity contribution in [3.05, 3.63) is 107 Å². The minimum atomic E-state index is -0.0645.